The fourth-order valence-corrected chi connectivity index (χ4v) is 3.32. The van der Waals surface area contributed by atoms with Crippen LogP contribution in [0.15, 0.2) is 30.3 Å². The van der Waals surface area contributed by atoms with Crippen LogP contribution in [0, 0.1) is 5.92 Å². The minimum Gasteiger partial charge on any atom is -0.389 e. The van der Waals surface area contributed by atoms with Crippen LogP contribution in [0.3, 0.4) is 0 Å². The first kappa shape index (κ1) is 13.6. The van der Waals surface area contributed by atoms with Crippen molar-refractivity contribution in [1.29, 1.82) is 0 Å². The zero-order valence-corrected chi connectivity index (χ0v) is 11.6. The average molecular weight is 246 g/mol. The van der Waals surface area contributed by atoms with Gasteiger partial charge >= 0.3 is 0 Å². The van der Waals surface area contributed by atoms with Crippen molar-refractivity contribution in [3.05, 3.63) is 35.9 Å². The van der Waals surface area contributed by atoms with Crippen LogP contribution in [-0.4, -0.2) is 10.7 Å². The molecule has 0 saturated heterocycles. The van der Waals surface area contributed by atoms with E-state index >= 15 is 0 Å². The lowest BCUT2D eigenvalue weighted by molar-refractivity contribution is -0.0280. The van der Waals surface area contributed by atoms with Crippen LogP contribution in [-0.2, 0) is 6.42 Å². The van der Waals surface area contributed by atoms with Crippen molar-refractivity contribution in [3.63, 3.8) is 0 Å². The van der Waals surface area contributed by atoms with E-state index in [9.17, 15) is 5.11 Å². The Morgan fingerprint density at radius 3 is 2.22 bits per heavy atom. The molecule has 0 aromatic heterocycles. The monoisotopic (exact) mass is 246 g/mol. The van der Waals surface area contributed by atoms with Gasteiger partial charge < -0.3 is 5.11 Å². The molecule has 18 heavy (non-hydrogen) atoms. The summed E-state index contributed by atoms with van der Waals surface area (Å²) in [5.74, 6) is 0.491. The fraction of sp³-hybridized carbons (Fsp3) is 0.647. The minimum atomic E-state index is -0.494. The van der Waals surface area contributed by atoms with Gasteiger partial charge in [-0.05, 0) is 30.7 Å². The van der Waals surface area contributed by atoms with Gasteiger partial charge in [-0.25, -0.2) is 0 Å². The molecule has 100 valence electrons. The summed E-state index contributed by atoms with van der Waals surface area (Å²) < 4.78 is 0. The molecule has 0 heterocycles. The molecule has 1 heteroatoms. The second-order valence-corrected chi connectivity index (χ2v) is 5.81. The third-order valence-electron chi connectivity index (χ3n) is 4.58. The molecule has 1 unspecified atom stereocenters. The lowest BCUT2D eigenvalue weighted by atomic mass is 9.76. The molecule has 2 rings (SSSR count). The predicted octanol–water partition coefficient (Wildman–Crippen LogP) is 4.34. The Hall–Kier alpha value is -0.820. The topological polar surface area (TPSA) is 20.2 Å². The van der Waals surface area contributed by atoms with Gasteiger partial charge in [0.25, 0.3) is 0 Å². The predicted molar refractivity (Wildman–Crippen MR) is 76.6 cm³/mol. The van der Waals surface area contributed by atoms with E-state index in [4.69, 9.17) is 0 Å². The maximum absolute atomic E-state index is 11.0. The summed E-state index contributed by atoms with van der Waals surface area (Å²) in [7, 11) is 0. The van der Waals surface area contributed by atoms with Gasteiger partial charge in [0, 0.05) is 6.42 Å². The van der Waals surface area contributed by atoms with Gasteiger partial charge in [0.1, 0.15) is 0 Å². The summed E-state index contributed by atoms with van der Waals surface area (Å²) >= 11 is 0. The van der Waals surface area contributed by atoms with E-state index in [-0.39, 0.29) is 0 Å². The van der Waals surface area contributed by atoms with Crippen molar-refractivity contribution in [3.8, 4) is 0 Å². The van der Waals surface area contributed by atoms with E-state index in [0.717, 1.165) is 12.8 Å². The van der Waals surface area contributed by atoms with E-state index in [0.29, 0.717) is 5.92 Å². The van der Waals surface area contributed by atoms with Gasteiger partial charge in [-0.3, -0.25) is 0 Å². The summed E-state index contributed by atoms with van der Waals surface area (Å²) in [6.07, 6.45) is 9.38. The van der Waals surface area contributed by atoms with Gasteiger partial charge in [0.2, 0.25) is 0 Å². The Morgan fingerprint density at radius 2 is 1.67 bits per heavy atom. The summed E-state index contributed by atoms with van der Waals surface area (Å²) in [4.78, 5) is 0. The molecule has 1 atom stereocenters. The first-order valence-electron chi connectivity index (χ1n) is 7.51. The Bertz CT molecular complexity index is 338. The van der Waals surface area contributed by atoms with Gasteiger partial charge in [-0.15, -0.1) is 0 Å². The summed E-state index contributed by atoms with van der Waals surface area (Å²) in [5, 5.41) is 11.0. The van der Waals surface area contributed by atoms with Gasteiger partial charge in [0.15, 0.2) is 0 Å². The second kappa shape index (κ2) is 6.38. The van der Waals surface area contributed by atoms with Crippen LogP contribution in [0.25, 0.3) is 0 Å². The molecule has 1 N–H and O–H groups in total. The highest BCUT2D eigenvalue weighted by molar-refractivity contribution is 5.17. The molecule has 0 aliphatic heterocycles. The molecule has 1 saturated carbocycles. The van der Waals surface area contributed by atoms with Gasteiger partial charge in [-0.1, -0.05) is 62.9 Å². The summed E-state index contributed by atoms with van der Waals surface area (Å²) in [6, 6.07) is 10.5. The van der Waals surface area contributed by atoms with Crippen molar-refractivity contribution in [2.45, 2.75) is 63.9 Å². The molecular weight excluding hydrogens is 220 g/mol. The van der Waals surface area contributed by atoms with Crippen molar-refractivity contribution >= 4 is 0 Å². The van der Waals surface area contributed by atoms with E-state index in [1.54, 1.807) is 0 Å². The molecule has 1 nitrogen and oxygen atoms in total. The highest BCUT2D eigenvalue weighted by Crippen LogP contribution is 2.36. The summed E-state index contributed by atoms with van der Waals surface area (Å²) in [5.41, 5.74) is 0.775. The first-order chi connectivity index (χ1) is 8.74. The lowest BCUT2D eigenvalue weighted by Gasteiger charge is -2.35. The summed E-state index contributed by atoms with van der Waals surface area (Å²) in [6.45, 7) is 2.13. The zero-order valence-electron chi connectivity index (χ0n) is 11.6. The van der Waals surface area contributed by atoms with Crippen LogP contribution >= 0.6 is 0 Å². The minimum absolute atomic E-state index is 0.491. The van der Waals surface area contributed by atoms with Crippen molar-refractivity contribution in [2.24, 2.45) is 5.92 Å². The highest BCUT2D eigenvalue weighted by Gasteiger charge is 2.34. The number of rotatable bonds is 4. The molecule has 0 bridgehead atoms. The average Bonchev–Trinajstić information content (AvgIpc) is 2.69. The zero-order chi connectivity index (χ0) is 12.8. The third kappa shape index (κ3) is 3.35. The van der Waals surface area contributed by atoms with E-state index < -0.39 is 5.60 Å². The SMILES string of the molecule is CCC(O)(Cc1ccccc1)C1CCCCCC1. The normalized spacial score (nSPS) is 21.2. The van der Waals surface area contributed by atoms with Gasteiger partial charge in [0.05, 0.1) is 5.60 Å². The molecule has 1 aliphatic rings. The smallest absolute Gasteiger partial charge is 0.0713 e. The number of hydrogen-bond donors (Lipinski definition) is 1. The Morgan fingerprint density at radius 1 is 1.06 bits per heavy atom. The van der Waals surface area contributed by atoms with Crippen LogP contribution in [0.5, 0.6) is 0 Å². The van der Waals surface area contributed by atoms with E-state index in [1.807, 2.05) is 6.07 Å². The quantitative estimate of drug-likeness (QED) is 0.783. The number of aliphatic hydroxyl groups is 1. The number of benzene rings is 1. The molecule has 1 fully saturated rings. The molecule has 0 spiro atoms. The molecule has 1 aromatic carbocycles. The molecular formula is C17H26O. The van der Waals surface area contributed by atoms with Crippen LogP contribution in [0.2, 0.25) is 0 Å². The maximum atomic E-state index is 11.0. The second-order valence-electron chi connectivity index (χ2n) is 5.81. The van der Waals surface area contributed by atoms with E-state index in [2.05, 4.69) is 31.2 Å². The maximum Gasteiger partial charge on any atom is 0.0713 e. The Kier molecular flexibility index (Phi) is 4.82. The van der Waals surface area contributed by atoms with Crippen molar-refractivity contribution < 1.29 is 5.11 Å². The lowest BCUT2D eigenvalue weighted by Crippen LogP contribution is -2.39. The van der Waals surface area contributed by atoms with Crippen molar-refractivity contribution in [2.75, 3.05) is 0 Å². The molecule has 0 radical (unpaired) electrons. The first-order valence-corrected chi connectivity index (χ1v) is 7.51. The van der Waals surface area contributed by atoms with Gasteiger partial charge in [-0.2, -0.15) is 0 Å². The van der Waals surface area contributed by atoms with Crippen LogP contribution < -0.4 is 0 Å². The van der Waals surface area contributed by atoms with E-state index in [1.165, 1.54) is 44.1 Å². The Labute approximate surface area is 111 Å². The molecule has 1 aliphatic carbocycles. The number of hydrogen-bond acceptors (Lipinski definition) is 1. The van der Waals surface area contributed by atoms with Crippen molar-refractivity contribution in [1.82, 2.24) is 0 Å². The Balaban J connectivity index is 2.08. The highest BCUT2D eigenvalue weighted by atomic mass is 16.3. The van der Waals surface area contributed by atoms with Crippen LogP contribution in [0.4, 0.5) is 0 Å². The standard InChI is InChI=1S/C17H26O/c1-2-17(18,14-15-10-6-5-7-11-15)16-12-8-3-4-9-13-16/h5-7,10-11,16,18H,2-4,8-9,12-14H2,1H3. The fourth-order valence-electron chi connectivity index (χ4n) is 3.32. The van der Waals surface area contributed by atoms with Crippen LogP contribution in [0.1, 0.15) is 57.4 Å². The third-order valence-corrected chi connectivity index (χ3v) is 4.58. The largest absolute Gasteiger partial charge is 0.389 e. The molecule has 1 aromatic rings. The molecule has 0 amide bonds.